The van der Waals surface area contributed by atoms with Gasteiger partial charge in [-0.3, -0.25) is 4.79 Å². The van der Waals surface area contributed by atoms with Gasteiger partial charge in [-0.05, 0) is 55.8 Å². The Labute approximate surface area is 239 Å². The zero-order valence-electron chi connectivity index (χ0n) is 21.5. The summed E-state index contributed by atoms with van der Waals surface area (Å²) >= 11 is 7.14. The van der Waals surface area contributed by atoms with Gasteiger partial charge in [-0.15, -0.1) is 11.3 Å². The van der Waals surface area contributed by atoms with Crippen LogP contribution in [0, 0.1) is 11.3 Å². The van der Waals surface area contributed by atoms with E-state index >= 15 is 0 Å². The monoisotopic (exact) mass is 574 g/mol. The minimum atomic E-state index is -0.714. The molecule has 0 unspecified atom stereocenters. The Bertz CT molecular complexity index is 1610. The van der Waals surface area contributed by atoms with Gasteiger partial charge in [0.2, 0.25) is 0 Å². The number of thiophene rings is 1. The summed E-state index contributed by atoms with van der Waals surface area (Å²) in [4.78, 5) is 37.7. The number of nitrogens with one attached hydrogen (secondary N) is 1. The topological polar surface area (TPSA) is 119 Å². The van der Waals surface area contributed by atoms with Crippen LogP contribution in [0.5, 0.6) is 0 Å². The fourth-order valence-corrected chi connectivity index (χ4v) is 4.81. The summed E-state index contributed by atoms with van der Waals surface area (Å²) in [6.45, 7) is 3.85. The molecule has 0 saturated heterocycles. The number of halogens is 1. The highest BCUT2D eigenvalue weighted by Crippen LogP contribution is 2.37. The molecule has 40 heavy (non-hydrogen) atoms. The zero-order chi connectivity index (χ0) is 28.6. The minimum Gasteiger partial charge on any atom is -0.462 e. The number of rotatable bonds is 9. The van der Waals surface area contributed by atoms with Gasteiger partial charge in [-0.2, -0.15) is 5.26 Å². The number of carbonyl (C=O) groups is 3. The summed E-state index contributed by atoms with van der Waals surface area (Å²) in [5.74, 6) is -0.978. The van der Waals surface area contributed by atoms with Crippen LogP contribution in [0.1, 0.15) is 40.3 Å². The molecule has 0 bridgehead atoms. The summed E-state index contributed by atoms with van der Waals surface area (Å²) in [7, 11) is 0. The lowest BCUT2D eigenvalue weighted by molar-refractivity contribution is -0.112. The summed E-state index contributed by atoms with van der Waals surface area (Å²) in [6.07, 6.45) is 1.31. The van der Waals surface area contributed by atoms with Crippen molar-refractivity contribution in [3.63, 3.8) is 0 Å². The number of amides is 1. The van der Waals surface area contributed by atoms with E-state index in [1.807, 2.05) is 6.07 Å². The van der Waals surface area contributed by atoms with Crippen LogP contribution in [0.15, 0.2) is 76.0 Å². The molecule has 1 N–H and O–H groups in total. The van der Waals surface area contributed by atoms with E-state index in [1.54, 1.807) is 79.9 Å². The third-order valence-electron chi connectivity index (χ3n) is 5.61. The van der Waals surface area contributed by atoms with Crippen LogP contribution in [-0.2, 0) is 14.3 Å². The molecular weight excluding hydrogens is 552 g/mol. The molecule has 4 rings (SSSR count). The first kappa shape index (κ1) is 28.4. The van der Waals surface area contributed by atoms with E-state index in [9.17, 15) is 19.6 Å². The van der Waals surface area contributed by atoms with Crippen molar-refractivity contribution in [3.05, 3.63) is 93.5 Å². The number of hydrogen-bond acceptors (Lipinski definition) is 8. The number of furan rings is 1. The Hall–Kier alpha value is -4.65. The van der Waals surface area contributed by atoms with Crippen molar-refractivity contribution >= 4 is 51.9 Å². The second kappa shape index (κ2) is 12.9. The quantitative estimate of drug-likeness (QED) is 0.127. The van der Waals surface area contributed by atoms with Crippen molar-refractivity contribution in [3.8, 4) is 28.5 Å². The third kappa shape index (κ3) is 6.49. The molecule has 0 aliphatic heterocycles. The lowest BCUT2D eigenvalue weighted by atomic mass is 10.0. The molecule has 0 spiro atoms. The molecular formula is C30H23ClN2O6S. The zero-order valence-corrected chi connectivity index (χ0v) is 23.1. The fraction of sp³-hybridized carbons (Fsp3) is 0.133. The molecule has 0 saturated carbocycles. The van der Waals surface area contributed by atoms with Crippen molar-refractivity contribution < 1.29 is 28.3 Å². The number of nitrogens with zero attached hydrogens (tertiary/aromatic N) is 1. The highest BCUT2D eigenvalue weighted by molar-refractivity contribution is 7.15. The molecule has 202 valence electrons. The van der Waals surface area contributed by atoms with Gasteiger partial charge in [0, 0.05) is 27.6 Å². The molecule has 1 amide bonds. The van der Waals surface area contributed by atoms with Gasteiger partial charge >= 0.3 is 11.9 Å². The first-order valence-electron chi connectivity index (χ1n) is 12.2. The van der Waals surface area contributed by atoms with E-state index in [0.717, 1.165) is 16.9 Å². The number of hydrogen-bond donors (Lipinski definition) is 1. The average Bonchev–Trinajstić information content (AvgIpc) is 3.60. The molecule has 0 radical (unpaired) electrons. The lowest BCUT2D eigenvalue weighted by Gasteiger charge is -2.08. The standard InChI is InChI=1S/C30H23ClN2O6S/c1-3-37-29(35)20-7-5-19(6-8-20)25-14-13-23(39-25)15-21(16-32)27(34)33-28-26(30(36)38-4-2)24(17-40-28)18-9-11-22(31)12-10-18/h5-15,17H,3-4H2,1-2H3,(H,33,34)/b21-15+. The minimum absolute atomic E-state index is 0.151. The molecule has 10 heteroatoms. The predicted octanol–water partition coefficient (Wildman–Crippen LogP) is 7.23. The molecule has 0 aliphatic rings. The Balaban J connectivity index is 1.56. The normalized spacial score (nSPS) is 11.0. The summed E-state index contributed by atoms with van der Waals surface area (Å²) in [6, 6.07) is 18.8. The predicted molar refractivity (Wildman–Crippen MR) is 153 cm³/mol. The molecule has 2 aromatic heterocycles. The van der Waals surface area contributed by atoms with E-state index in [1.165, 1.54) is 6.08 Å². The molecule has 0 fully saturated rings. The highest BCUT2D eigenvalue weighted by Gasteiger charge is 2.24. The maximum atomic E-state index is 13.1. The Kier molecular flexibility index (Phi) is 9.17. The van der Waals surface area contributed by atoms with Gasteiger partial charge in [0.15, 0.2) is 0 Å². The summed E-state index contributed by atoms with van der Waals surface area (Å²) in [5, 5.41) is 14.9. The van der Waals surface area contributed by atoms with Crippen molar-refractivity contribution in [2.24, 2.45) is 0 Å². The van der Waals surface area contributed by atoms with Gasteiger partial charge in [0.05, 0.1) is 18.8 Å². The van der Waals surface area contributed by atoms with Crippen molar-refractivity contribution in [1.82, 2.24) is 0 Å². The Morgan fingerprint density at radius 1 is 0.950 bits per heavy atom. The van der Waals surface area contributed by atoms with Gasteiger partial charge < -0.3 is 19.2 Å². The first-order chi connectivity index (χ1) is 19.3. The van der Waals surface area contributed by atoms with Crippen molar-refractivity contribution in [2.75, 3.05) is 18.5 Å². The summed E-state index contributed by atoms with van der Waals surface area (Å²) in [5.41, 5.74) is 2.36. The fourth-order valence-electron chi connectivity index (χ4n) is 3.73. The number of carbonyl (C=O) groups excluding carboxylic acids is 3. The smallest absolute Gasteiger partial charge is 0.341 e. The van der Waals surface area contributed by atoms with Crippen LogP contribution in [0.3, 0.4) is 0 Å². The van der Waals surface area contributed by atoms with E-state index in [0.29, 0.717) is 27.5 Å². The molecule has 8 nitrogen and oxygen atoms in total. The third-order valence-corrected chi connectivity index (χ3v) is 6.76. The van der Waals surface area contributed by atoms with Gasteiger partial charge in [0.1, 0.15) is 33.7 Å². The Morgan fingerprint density at radius 3 is 2.25 bits per heavy atom. The average molecular weight is 575 g/mol. The first-order valence-corrected chi connectivity index (χ1v) is 13.4. The van der Waals surface area contributed by atoms with Crippen LogP contribution in [-0.4, -0.2) is 31.1 Å². The van der Waals surface area contributed by atoms with Gasteiger partial charge in [0.25, 0.3) is 5.91 Å². The van der Waals surface area contributed by atoms with Crippen LogP contribution in [0.4, 0.5) is 5.00 Å². The Morgan fingerprint density at radius 2 is 1.60 bits per heavy atom. The van der Waals surface area contributed by atoms with Crippen LogP contribution >= 0.6 is 22.9 Å². The van der Waals surface area contributed by atoms with E-state index < -0.39 is 17.8 Å². The van der Waals surface area contributed by atoms with Crippen LogP contribution < -0.4 is 5.32 Å². The van der Waals surface area contributed by atoms with Crippen molar-refractivity contribution in [2.45, 2.75) is 13.8 Å². The van der Waals surface area contributed by atoms with E-state index in [2.05, 4.69) is 5.32 Å². The highest BCUT2D eigenvalue weighted by atomic mass is 35.5. The second-order valence-corrected chi connectivity index (χ2v) is 9.52. The number of nitriles is 1. The number of benzene rings is 2. The molecule has 4 aromatic rings. The second-order valence-electron chi connectivity index (χ2n) is 8.20. The maximum Gasteiger partial charge on any atom is 0.341 e. The molecule has 2 aromatic carbocycles. The molecule has 0 aliphatic carbocycles. The number of esters is 2. The maximum absolute atomic E-state index is 13.1. The van der Waals surface area contributed by atoms with E-state index in [-0.39, 0.29) is 35.1 Å². The number of anilines is 1. The van der Waals surface area contributed by atoms with Crippen LogP contribution in [0.25, 0.3) is 28.5 Å². The SMILES string of the molecule is CCOC(=O)c1ccc(-c2ccc(/C=C(\C#N)C(=O)Nc3scc(-c4ccc(Cl)cc4)c3C(=O)OCC)o2)cc1. The van der Waals surface area contributed by atoms with Crippen LogP contribution in [0.2, 0.25) is 5.02 Å². The molecule has 0 atom stereocenters. The van der Waals surface area contributed by atoms with E-state index in [4.69, 9.17) is 25.5 Å². The van der Waals surface area contributed by atoms with Gasteiger partial charge in [-0.1, -0.05) is 35.9 Å². The summed E-state index contributed by atoms with van der Waals surface area (Å²) < 4.78 is 16.0. The van der Waals surface area contributed by atoms with Gasteiger partial charge in [-0.25, -0.2) is 9.59 Å². The molecule has 2 heterocycles. The largest absolute Gasteiger partial charge is 0.462 e. The number of ether oxygens (including phenoxy) is 2. The lowest BCUT2D eigenvalue weighted by Crippen LogP contribution is -2.16. The van der Waals surface area contributed by atoms with Crippen molar-refractivity contribution in [1.29, 1.82) is 5.26 Å².